The van der Waals surface area contributed by atoms with Crippen LogP contribution < -0.4 is 5.32 Å². The van der Waals surface area contributed by atoms with Crippen LogP contribution in [0.5, 0.6) is 5.75 Å². The van der Waals surface area contributed by atoms with Crippen LogP contribution in [0, 0.1) is 5.92 Å². The number of hydrogen-bond donors (Lipinski definition) is 2. The van der Waals surface area contributed by atoms with Crippen molar-refractivity contribution in [3.63, 3.8) is 0 Å². The molecule has 0 spiro atoms. The summed E-state index contributed by atoms with van der Waals surface area (Å²) in [5.74, 6) is 0.605. The standard InChI is InChI=1S/C23H27NO3/c1-16(23(27)24-14-13-17-7-11-21(25)12-8-17)19-9-5-18(6-10-19)15-20-3-2-4-22(20)26/h5-12,16,20,25H,2-4,13-15H2,1H3,(H,24,27). The molecule has 0 heterocycles. The molecule has 0 aromatic heterocycles. The van der Waals surface area contributed by atoms with Crippen molar-refractivity contribution in [2.75, 3.05) is 6.54 Å². The largest absolute Gasteiger partial charge is 0.508 e. The summed E-state index contributed by atoms with van der Waals surface area (Å²) in [6.07, 6.45) is 4.28. The van der Waals surface area contributed by atoms with Crippen molar-refractivity contribution >= 4 is 11.7 Å². The van der Waals surface area contributed by atoms with Crippen molar-refractivity contribution in [2.45, 2.75) is 44.9 Å². The Morgan fingerprint density at radius 3 is 2.41 bits per heavy atom. The number of benzene rings is 2. The second-order valence-corrected chi connectivity index (χ2v) is 7.43. The van der Waals surface area contributed by atoms with Crippen molar-refractivity contribution in [3.8, 4) is 5.75 Å². The van der Waals surface area contributed by atoms with E-state index in [9.17, 15) is 14.7 Å². The molecule has 2 atom stereocenters. The molecule has 1 saturated carbocycles. The van der Waals surface area contributed by atoms with Gasteiger partial charge < -0.3 is 10.4 Å². The highest BCUT2D eigenvalue weighted by Crippen LogP contribution is 2.26. The van der Waals surface area contributed by atoms with Gasteiger partial charge in [0.1, 0.15) is 11.5 Å². The lowest BCUT2D eigenvalue weighted by molar-refractivity contribution is -0.122. The van der Waals surface area contributed by atoms with E-state index in [-0.39, 0.29) is 23.5 Å². The molecule has 0 bridgehead atoms. The van der Waals surface area contributed by atoms with E-state index in [2.05, 4.69) is 5.32 Å². The lowest BCUT2D eigenvalue weighted by Crippen LogP contribution is -2.29. The molecule has 1 aliphatic rings. The van der Waals surface area contributed by atoms with Gasteiger partial charge in [0.15, 0.2) is 0 Å². The predicted octanol–water partition coefficient (Wildman–Crippen LogP) is 3.77. The highest BCUT2D eigenvalue weighted by molar-refractivity contribution is 5.83. The van der Waals surface area contributed by atoms with Gasteiger partial charge in [-0.2, -0.15) is 0 Å². The number of hydrogen-bond acceptors (Lipinski definition) is 3. The van der Waals surface area contributed by atoms with Crippen LogP contribution in [0.3, 0.4) is 0 Å². The van der Waals surface area contributed by atoms with Gasteiger partial charge in [0, 0.05) is 18.9 Å². The smallest absolute Gasteiger partial charge is 0.227 e. The summed E-state index contributed by atoms with van der Waals surface area (Å²) in [4.78, 5) is 24.2. The average Bonchev–Trinajstić information content (AvgIpc) is 3.08. The number of aromatic hydroxyl groups is 1. The summed E-state index contributed by atoms with van der Waals surface area (Å²) >= 11 is 0. The van der Waals surface area contributed by atoms with Gasteiger partial charge in [0.25, 0.3) is 0 Å². The van der Waals surface area contributed by atoms with E-state index in [1.807, 2.05) is 43.3 Å². The van der Waals surface area contributed by atoms with E-state index >= 15 is 0 Å². The maximum Gasteiger partial charge on any atom is 0.227 e. The van der Waals surface area contributed by atoms with Gasteiger partial charge in [-0.3, -0.25) is 9.59 Å². The molecule has 142 valence electrons. The second kappa shape index (κ2) is 8.85. The molecule has 2 aromatic rings. The molecule has 0 radical (unpaired) electrons. The molecular formula is C23H27NO3. The highest BCUT2D eigenvalue weighted by atomic mass is 16.3. The third-order valence-corrected chi connectivity index (χ3v) is 5.44. The number of carbonyl (C=O) groups is 2. The third-order valence-electron chi connectivity index (χ3n) is 5.44. The van der Waals surface area contributed by atoms with E-state index < -0.39 is 0 Å². The van der Waals surface area contributed by atoms with E-state index in [4.69, 9.17) is 0 Å². The summed E-state index contributed by atoms with van der Waals surface area (Å²) in [5, 5.41) is 12.3. The Hall–Kier alpha value is -2.62. The van der Waals surface area contributed by atoms with Crippen LogP contribution in [0.1, 0.15) is 48.8 Å². The average molecular weight is 365 g/mol. The van der Waals surface area contributed by atoms with Crippen LogP contribution in [0.2, 0.25) is 0 Å². The number of ketones is 1. The monoisotopic (exact) mass is 365 g/mol. The maximum atomic E-state index is 12.4. The van der Waals surface area contributed by atoms with Gasteiger partial charge in [-0.1, -0.05) is 36.4 Å². The van der Waals surface area contributed by atoms with Crippen LogP contribution in [-0.2, 0) is 22.4 Å². The van der Waals surface area contributed by atoms with Crippen LogP contribution in [0.4, 0.5) is 0 Å². The van der Waals surface area contributed by atoms with E-state index in [0.717, 1.165) is 43.2 Å². The quantitative estimate of drug-likeness (QED) is 0.785. The first-order valence-corrected chi connectivity index (χ1v) is 9.70. The summed E-state index contributed by atoms with van der Waals surface area (Å²) in [5.41, 5.74) is 3.23. The molecule has 2 unspecified atom stereocenters. The van der Waals surface area contributed by atoms with Gasteiger partial charge in [0.2, 0.25) is 5.91 Å². The lowest BCUT2D eigenvalue weighted by atomic mass is 9.94. The number of rotatable bonds is 7. The molecule has 1 amide bonds. The number of Topliss-reactive ketones (excluding diaryl/α,β-unsaturated/α-hetero) is 1. The number of carbonyl (C=O) groups excluding carboxylic acids is 2. The second-order valence-electron chi connectivity index (χ2n) is 7.43. The Morgan fingerprint density at radius 2 is 1.78 bits per heavy atom. The van der Waals surface area contributed by atoms with Crippen molar-refractivity contribution in [2.24, 2.45) is 5.92 Å². The highest BCUT2D eigenvalue weighted by Gasteiger charge is 2.24. The molecule has 1 fully saturated rings. The van der Waals surface area contributed by atoms with Gasteiger partial charge in [0.05, 0.1) is 5.92 Å². The minimum absolute atomic E-state index is 0.00694. The SMILES string of the molecule is CC(C(=O)NCCc1ccc(O)cc1)c1ccc(CC2CCCC2=O)cc1. The fourth-order valence-corrected chi connectivity index (χ4v) is 3.63. The summed E-state index contributed by atoms with van der Waals surface area (Å²) < 4.78 is 0. The fourth-order valence-electron chi connectivity index (χ4n) is 3.63. The van der Waals surface area contributed by atoms with E-state index in [0.29, 0.717) is 12.3 Å². The first kappa shape index (κ1) is 19.2. The van der Waals surface area contributed by atoms with Crippen LogP contribution in [0.25, 0.3) is 0 Å². The van der Waals surface area contributed by atoms with E-state index in [1.165, 1.54) is 5.56 Å². The van der Waals surface area contributed by atoms with Crippen LogP contribution >= 0.6 is 0 Å². The zero-order chi connectivity index (χ0) is 19.2. The topological polar surface area (TPSA) is 66.4 Å². The fraction of sp³-hybridized carbons (Fsp3) is 0.391. The summed E-state index contributed by atoms with van der Waals surface area (Å²) in [7, 11) is 0. The first-order chi connectivity index (χ1) is 13.0. The van der Waals surface area contributed by atoms with Crippen molar-refractivity contribution in [1.82, 2.24) is 5.32 Å². The lowest BCUT2D eigenvalue weighted by Gasteiger charge is -2.14. The molecule has 3 rings (SSSR count). The van der Waals surface area contributed by atoms with Gasteiger partial charge >= 0.3 is 0 Å². The summed E-state index contributed by atoms with van der Waals surface area (Å²) in [6.45, 7) is 2.47. The van der Waals surface area contributed by atoms with E-state index in [1.54, 1.807) is 12.1 Å². The van der Waals surface area contributed by atoms with Gasteiger partial charge in [-0.15, -0.1) is 0 Å². The first-order valence-electron chi connectivity index (χ1n) is 9.70. The number of phenols is 1. The predicted molar refractivity (Wildman–Crippen MR) is 106 cm³/mol. The van der Waals surface area contributed by atoms with Crippen molar-refractivity contribution < 1.29 is 14.7 Å². The zero-order valence-electron chi connectivity index (χ0n) is 15.8. The van der Waals surface area contributed by atoms with Gasteiger partial charge in [-0.25, -0.2) is 0 Å². The maximum absolute atomic E-state index is 12.4. The zero-order valence-corrected chi connectivity index (χ0v) is 15.8. The molecule has 4 nitrogen and oxygen atoms in total. The minimum Gasteiger partial charge on any atom is -0.508 e. The molecule has 4 heteroatoms. The molecule has 1 aliphatic carbocycles. The molecule has 2 N–H and O–H groups in total. The minimum atomic E-state index is -0.216. The number of nitrogens with one attached hydrogen (secondary N) is 1. The molecule has 0 saturated heterocycles. The summed E-state index contributed by atoms with van der Waals surface area (Å²) in [6, 6.07) is 15.1. The number of amides is 1. The van der Waals surface area contributed by atoms with Crippen molar-refractivity contribution in [1.29, 1.82) is 0 Å². The Balaban J connectivity index is 1.48. The molecule has 2 aromatic carbocycles. The molecule has 0 aliphatic heterocycles. The Morgan fingerprint density at radius 1 is 1.11 bits per heavy atom. The Bertz CT molecular complexity index is 780. The van der Waals surface area contributed by atoms with Crippen LogP contribution in [0.15, 0.2) is 48.5 Å². The Kier molecular flexibility index (Phi) is 6.28. The Labute approximate surface area is 160 Å². The third kappa shape index (κ3) is 5.19. The normalized spacial score (nSPS) is 17.7. The molecule has 27 heavy (non-hydrogen) atoms. The number of phenolic OH excluding ortho intramolecular Hbond substituents is 1. The van der Waals surface area contributed by atoms with Crippen molar-refractivity contribution in [3.05, 3.63) is 65.2 Å². The van der Waals surface area contributed by atoms with Gasteiger partial charge in [-0.05, 0) is 61.4 Å². The molecular weight excluding hydrogens is 338 g/mol. The van der Waals surface area contributed by atoms with Crippen LogP contribution in [-0.4, -0.2) is 23.3 Å².